The van der Waals surface area contributed by atoms with Crippen LogP contribution >= 0.6 is 11.6 Å². The number of aldehydes is 1. The molecule has 1 saturated carbocycles. The summed E-state index contributed by atoms with van der Waals surface area (Å²) in [6.07, 6.45) is 5.28. The Morgan fingerprint density at radius 1 is 1.23 bits per heavy atom. The molecule has 1 saturated heterocycles. The summed E-state index contributed by atoms with van der Waals surface area (Å²) < 4.78 is 2.06. The molecule has 1 aliphatic carbocycles. The van der Waals surface area contributed by atoms with E-state index in [0.717, 1.165) is 73.4 Å². The van der Waals surface area contributed by atoms with E-state index in [4.69, 9.17) is 27.8 Å². The van der Waals surface area contributed by atoms with E-state index >= 15 is 0 Å². The smallest absolute Gasteiger partial charge is 0.245 e. The second-order valence-electron chi connectivity index (χ2n) is 11.9. The molecule has 228 valence electrons. The fourth-order valence-electron chi connectivity index (χ4n) is 6.08. The molecule has 43 heavy (non-hydrogen) atoms. The minimum Gasteiger partial charge on any atom is -0.398 e. The number of rotatable bonds is 9. The van der Waals surface area contributed by atoms with Crippen LogP contribution in [0, 0.1) is 24.7 Å². The summed E-state index contributed by atoms with van der Waals surface area (Å²) in [5, 5.41) is 16.7. The molecular formula is C33H42ClN7O2. The zero-order chi connectivity index (χ0) is 31.5. The number of nitrogens with two attached hydrogens (primary N) is 1. The van der Waals surface area contributed by atoms with Crippen LogP contribution in [0.1, 0.15) is 46.1 Å². The lowest BCUT2D eigenvalue weighted by Crippen LogP contribution is -2.63. The van der Waals surface area contributed by atoms with Crippen LogP contribution in [0.5, 0.6) is 0 Å². The number of nitrogens with zero attached hydrogens (tertiary/aromatic N) is 4. The molecule has 0 radical (unpaired) electrons. The molecule has 0 bridgehead atoms. The summed E-state index contributed by atoms with van der Waals surface area (Å²) in [6, 6.07) is 9.27. The highest BCUT2D eigenvalue weighted by Gasteiger charge is 2.54. The maximum Gasteiger partial charge on any atom is 0.245 e. The highest BCUT2D eigenvalue weighted by molar-refractivity contribution is 6.35. The number of benzene rings is 2. The van der Waals surface area contributed by atoms with Crippen molar-refractivity contribution in [3.63, 3.8) is 0 Å². The number of nitrogens with one attached hydrogen (secondary N) is 2. The number of hydrogen-bond acceptors (Lipinski definition) is 7. The second-order valence-corrected chi connectivity index (χ2v) is 12.3. The molecule has 4 N–H and O–H groups in total. The normalized spacial score (nSPS) is 15.4. The molecule has 0 atom stereocenters. The summed E-state index contributed by atoms with van der Waals surface area (Å²) in [5.41, 5.74) is 13.0. The lowest BCUT2D eigenvalue weighted by Gasteiger charge is -2.58. The fourth-order valence-corrected chi connectivity index (χ4v) is 6.33. The van der Waals surface area contributed by atoms with Crippen LogP contribution in [-0.4, -0.2) is 85.3 Å². The molecule has 3 aromatic rings. The number of likely N-dealkylation sites (N-methyl/N-ethyl adjacent to an activating group) is 2. The molecule has 1 aromatic heterocycles. The van der Waals surface area contributed by atoms with Gasteiger partial charge in [-0.3, -0.25) is 14.3 Å². The third-order valence-corrected chi connectivity index (χ3v) is 8.90. The van der Waals surface area contributed by atoms with Gasteiger partial charge in [-0.25, -0.2) is 0 Å². The van der Waals surface area contributed by atoms with Gasteiger partial charge in [0.2, 0.25) is 5.91 Å². The molecule has 1 aliphatic heterocycles. The van der Waals surface area contributed by atoms with Gasteiger partial charge in [-0.15, -0.1) is 0 Å². The van der Waals surface area contributed by atoms with Gasteiger partial charge in [0.15, 0.2) is 0 Å². The number of carbonyl (C=O) groups excluding carboxylic acids is 2. The largest absolute Gasteiger partial charge is 0.398 e. The highest BCUT2D eigenvalue weighted by atomic mass is 35.5. The number of nitrogen functional groups attached to an aromatic ring is 1. The van der Waals surface area contributed by atoms with Gasteiger partial charge in [-0.2, -0.15) is 5.10 Å². The maximum absolute atomic E-state index is 11.9. The number of aryl methyl sites for hydroxylation is 1. The van der Waals surface area contributed by atoms with E-state index in [1.165, 1.54) is 12.3 Å². The molecule has 2 heterocycles. The van der Waals surface area contributed by atoms with Crippen molar-refractivity contribution < 1.29 is 9.59 Å². The van der Waals surface area contributed by atoms with Gasteiger partial charge >= 0.3 is 0 Å². The van der Waals surface area contributed by atoms with Gasteiger partial charge in [0, 0.05) is 77.0 Å². The number of amides is 1. The van der Waals surface area contributed by atoms with Gasteiger partial charge in [-0.1, -0.05) is 42.4 Å². The number of likely N-dealkylation sites (tertiary alicyclic amines) is 1. The molecule has 1 spiro atoms. The van der Waals surface area contributed by atoms with E-state index in [1.54, 1.807) is 18.2 Å². The summed E-state index contributed by atoms with van der Waals surface area (Å²) in [4.78, 5) is 27.1. The molecule has 2 fully saturated rings. The third-order valence-electron chi connectivity index (χ3n) is 8.41. The molecule has 0 unspecified atom stereocenters. The first kappa shape index (κ1) is 32.1. The second kappa shape index (κ2) is 13.2. The van der Waals surface area contributed by atoms with Crippen molar-refractivity contribution in [3.05, 3.63) is 70.4 Å². The zero-order valence-electron chi connectivity index (χ0n) is 25.7. The Labute approximate surface area is 259 Å². The van der Waals surface area contributed by atoms with Crippen LogP contribution in [0.2, 0.25) is 5.02 Å². The predicted molar refractivity (Wildman–Crippen MR) is 175 cm³/mol. The molecule has 2 aromatic carbocycles. The monoisotopic (exact) mass is 603 g/mol. The summed E-state index contributed by atoms with van der Waals surface area (Å²) in [7, 11) is 6.10. The Morgan fingerprint density at radius 3 is 2.40 bits per heavy atom. The van der Waals surface area contributed by atoms with Gasteiger partial charge in [0.1, 0.15) is 12.0 Å². The molecule has 10 heteroatoms. The third kappa shape index (κ3) is 6.44. The number of halogens is 1. The Kier molecular flexibility index (Phi) is 9.89. The number of aromatic nitrogens is 2. The first-order valence-electron chi connectivity index (χ1n) is 14.4. The first-order valence-corrected chi connectivity index (χ1v) is 14.8. The van der Waals surface area contributed by atoms with E-state index in [2.05, 4.69) is 35.6 Å². The predicted octanol–water partition coefficient (Wildman–Crippen LogP) is 5.00. The topological polar surface area (TPSA) is 120 Å². The maximum atomic E-state index is 11.9. The van der Waals surface area contributed by atoms with E-state index in [9.17, 15) is 9.59 Å². The van der Waals surface area contributed by atoms with Crippen LogP contribution in [0.15, 0.2) is 43.0 Å². The first-order chi connectivity index (χ1) is 20.5. The summed E-state index contributed by atoms with van der Waals surface area (Å²) in [6.45, 7) is 11.2. The lowest BCUT2D eigenvalue weighted by atomic mass is 9.60. The van der Waals surface area contributed by atoms with Crippen molar-refractivity contribution in [3.8, 4) is 22.4 Å². The van der Waals surface area contributed by atoms with E-state index in [1.807, 2.05) is 37.9 Å². The molecule has 5 rings (SSSR count). The van der Waals surface area contributed by atoms with Gasteiger partial charge in [0.05, 0.1) is 11.1 Å². The number of anilines is 1. The molecular weight excluding hydrogens is 562 g/mol. The molecule has 1 amide bonds. The van der Waals surface area contributed by atoms with Crippen LogP contribution < -0.4 is 11.1 Å². The lowest BCUT2D eigenvalue weighted by molar-refractivity contribution is -0.149. The van der Waals surface area contributed by atoms with Crippen LogP contribution in [0.3, 0.4) is 0 Å². The van der Waals surface area contributed by atoms with Crippen molar-refractivity contribution in [1.82, 2.24) is 24.9 Å². The van der Waals surface area contributed by atoms with Crippen molar-refractivity contribution in [2.75, 3.05) is 53.1 Å². The Morgan fingerprint density at radius 2 is 1.88 bits per heavy atom. The highest BCUT2D eigenvalue weighted by Crippen LogP contribution is 2.55. The van der Waals surface area contributed by atoms with Crippen LogP contribution in [0.4, 0.5) is 5.69 Å². The number of hydrogen-bond donors (Lipinski definition) is 3. The van der Waals surface area contributed by atoms with E-state index in [-0.39, 0.29) is 17.4 Å². The standard InChI is InChI=1S/C28H28ClN5O2.C5H14N2/c1-4-23(36)33-14-28(15-33)10-20(11-28)34-17(3)24(25-21(12-30)22(31)9-16(2)26(25)29)27(32-34)19-7-5-18(13-35)6-8-19;1-6-4-5-7(2)3/h4-9,12-13,20,30H,1,10-11,14-15,31H2,2-3H3;6H,4-5H2,1-3H3. The summed E-state index contributed by atoms with van der Waals surface area (Å²) >= 11 is 6.85. The average Bonchev–Trinajstić information content (AvgIpc) is 3.28. The van der Waals surface area contributed by atoms with Crippen molar-refractivity contribution in [1.29, 1.82) is 5.41 Å². The zero-order valence-corrected chi connectivity index (χ0v) is 26.5. The Bertz CT molecular complexity index is 1510. The SMILES string of the molecule is C=CC(=O)N1CC2(CC(n3nc(-c4ccc(C=O)cc4)c(-c4c(Cl)c(C)cc(N)c4C=N)c3C)C2)C1.CNCCN(C)C. The fraction of sp³-hybridized carbons (Fsp3) is 0.394. The molecule has 2 aliphatic rings. The molecule has 9 nitrogen and oxygen atoms in total. The van der Waals surface area contributed by atoms with Gasteiger partial charge < -0.3 is 26.3 Å². The summed E-state index contributed by atoms with van der Waals surface area (Å²) in [5.74, 6) is -0.0199. The van der Waals surface area contributed by atoms with Crippen LogP contribution in [-0.2, 0) is 4.79 Å². The van der Waals surface area contributed by atoms with Gasteiger partial charge in [-0.05, 0) is 65.5 Å². The Balaban J connectivity index is 0.000000541. The van der Waals surface area contributed by atoms with Crippen molar-refractivity contribution >= 4 is 35.7 Å². The van der Waals surface area contributed by atoms with Gasteiger partial charge in [0.25, 0.3) is 0 Å². The number of carbonyl (C=O) groups is 2. The van der Waals surface area contributed by atoms with Crippen LogP contribution in [0.25, 0.3) is 22.4 Å². The quantitative estimate of drug-likeness (QED) is 0.137. The minimum atomic E-state index is -0.0199. The minimum absolute atomic E-state index is 0.0199. The average molecular weight is 604 g/mol. The Hall–Kier alpha value is -3.79. The van der Waals surface area contributed by atoms with E-state index in [0.29, 0.717) is 27.4 Å². The van der Waals surface area contributed by atoms with Crippen molar-refractivity contribution in [2.45, 2.75) is 32.7 Å². The van der Waals surface area contributed by atoms with Crippen molar-refractivity contribution in [2.24, 2.45) is 5.41 Å². The van der Waals surface area contributed by atoms with E-state index < -0.39 is 0 Å².